The Labute approximate surface area is 145 Å². The first-order valence-electron chi connectivity index (χ1n) is 7.53. The van der Waals surface area contributed by atoms with Crippen LogP contribution in [0, 0.1) is 0 Å². The lowest BCUT2D eigenvalue weighted by atomic mass is 10.1. The van der Waals surface area contributed by atoms with Crippen LogP contribution in [0.3, 0.4) is 0 Å². The third-order valence-corrected chi connectivity index (χ3v) is 3.69. The smallest absolute Gasteiger partial charge is 0.363 e. The maximum absolute atomic E-state index is 12.1. The van der Waals surface area contributed by atoms with E-state index in [1.807, 2.05) is 0 Å². The number of carbonyl (C=O) groups excluding carboxylic acids is 1. The molecule has 0 amide bonds. The standard InChI is InChI=1S/C19H17NO5/c1-22-14-6-4-12(5-7-14)18-20-16(19(21)25-18)11-13-10-15(23-2)8-9-17(13)24-3/h4-11H,1-3H3/b16-11+. The topological polar surface area (TPSA) is 66.3 Å². The van der Waals surface area contributed by atoms with Crippen LogP contribution in [0.25, 0.3) is 6.08 Å². The number of esters is 1. The van der Waals surface area contributed by atoms with Gasteiger partial charge in [-0.3, -0.25) is 0 Å². The first-order valence-corrected chi connectivity index (χ1v) is 7.53. The highest BCUT2D eigenvalue weighted by Crippen LogP contribution is 2.28. The summed E-state index contributed by atoms with van der Waals surface area (Å²) in [5, 5.41) is 0. The van der Waals surface area contributed by atoms with Gasteiger partial charge >= 0.3 is 5.97 Å². The highest BCUT2D eigenvalue weighted by atomic mass is 16.6. The van der Waals surface area contributed by atoms with Gasteiger partial charge in [-0.25, -0.2) is 9.79 Å². The van der Waals surface area contributed by atoms with E-state index in [2.05, 4.69) is 4.99 Å². The molecule has 0 N–H and O–H groups in total. The molecule has 1 aliphatic heterocycles. The Kier molecular flexibility index (Phi) is 4.70. The van der Waals surface area contributed by atoms with Crippen molar-refractivity contribution in [1.82, 2.24) is 0 Å². The predicted molar refractivity (Wildman–Crippen MR) is 93.1 cm³/mol. The molecule has 2 aromatic carbocycles. The second-order valence-electron chi connectivity index (χ2n) is 5.17. The molecular formula is C19H17NO5. The van der Waals surface area contributed by atoms with Crippen LogP contribution in [0.15, 0.2) is 53.2 Å². The van der Waals surface area contributed by atoms with E-state index < -0.39 is 5.97 Å². The van der Waals surface area contributed by atoms with Crippen LogP contribution in [0.1, 0.15) is 11.1 Å². The maximum Gasteiger partial charge on any atom is 0.363 e. The lowest BCUT2D eigenvalue weighted by molar-refractivity contribution is -0.129. The number of carbonyl (C=O) groups is 1. The summed E-state index contributed by atoms with van der Waals surface area (Å²) in [5.74, 6) is 1.70. The van der Waals surface area contributed by atoms with Crippen molar-refractivity contribution >= 4 is 17.9 Å². The van der Waals surface area contributed by atoms with Crippen LogP contribution in [0.4, 0.5) is 0 Å². The van der Waals surface area contributed by atoms with Crippen LogP contribution in [-0.2, 0) is 9.53 Å². The number of ether oxygens (including phenoxy) is 4. The van der Waals surface area contributed by atoms with Gasteiger partial charge in [-0.2, -0.15) is 0 Å². The minimum absolute atomic E-state index is 0.192. The third-order valence-electron chi connectivity index (χ3n) is 3.69. The summed E-state index contributed by atoms with van der Waals surface area (Å²) in [6.45, 7) is 0. The van der Waals surface area contributed by atoms with Crippen molar-refractivity contribution in [2.24, 2.45) is 4.99 Å². The number of hydrogen-bond acceptors (Lipinski definition) is 6. The van der Waals surface area contributed by atoms with E-state index in [0.29, 0.717) is 28.4 Å². The number of methoxy groups -OCH3 is 3. The predicted octanol–water partition coefficient (Wildman–Crippen LogP) is 3.06. The van der Waals surface area contributed by atoms with Gasteiger partial charge in [0.25, 0.3) is 0 Å². The molecule has 2 aromatic rings. The zero-order valence-electron chi connectivity index (χ0n) is 14.1. The fourth-order valence-corrected chi connectivity index (χ4v) is 2.37. The zero-order valence-corrected chi connectivity index (χ0v) is 14.1. The van der Waals surface area contributed by atoms with E-state index >= 15 is 0 Å². The third kappa shape index (κ3) is 3.47. The quantitative estimate of drug-likeness (QED) is 0.619. The van der Waals surface area contributed by atoms with Gasteiger partial charge in [-0.15, -0.1) is 0 Å². The number of rotatable bonds is 5. The largest absolute Gasteiger partial charge is 0.497 e. The second kappa shape index (κ2) is 7.09. The fourth-order valence-electron chi connectivity index (χ4n) is 2.37. The van der Waals surface area contributed by atoms with E-state index in [4.69, 9.17) is 18.9 Å². The summed E-state index contributed by atoms with van der Waals surface area (Å²) in [7, 11) is 4.72. The van der Waals surface area contributed by atoms with E-state index in [0.717, 1.165) is 0 Å². The van der Waals surface area contributed by atoms with Crippen molar-refractivity contribution in [2.45, 2.75) is 0 Å². The summed E-state index contributed by atoms with van der Waals surface area (Å²) in [6, 6.07) is 12.4. The highest BCUT2D eigenvalue weighted by Gasteiger charge is 2.24. The molecule has 128 valence electrons. The Bertz CT molecular complexity index is 853. The van der Waals surface area contributed by atoms with Gasteiger partial charge in [0.15, 0.2) is 5.70 Å². The van der Waals surface area contributed by atoms with Crippen molar-refractivity contribution in [2.75, 3.05) is 21.3 Å². The first kappa shape index (κ1) is 16.6. The molecular weight excluding hydrogens is 322 g/mol. The van der Waals surface area contributed by atoms with E-state index in [9.17, 15) is 4.79 Å². The average molecular weight is 339 g/mol. The molecule has 0 bridgehead atoms. The van der Waals surface area contributed by atoms with Crippen LogP contribution in [0.2, 0.25) is 0 Å². The lowest BCUT2D eigenvalue weighted by Crippen LogP contribution is -2.05. The molecule has 1 aliphatic rings. The second-order valence-corrected chi connectivity index (χ2v) is 5.17. The van der Waals surface area contributed by atoms with Crippen LogP contribution in [-0.4, -0.2) is 33.2 Å². The monoisotopic (exact) mass is 339 g/mol. The van der Waals surface area contributed by atoms with E-state index in [1.165, 1.54) is 0 Å². The molecule has 0 saturated carbocycles. The molecule has 3 rings (SSSR count). The number of cyclic esters (lactones) is 1. The van der Waals surface area contributed by atoms with Crippen LogP contribution in [0.5, 0.6) is 17.2 Å². The number of benzene rings is 2. The molecule has 0 radical (unpaired) electrons. The summed E-state index contributed by atoms with van der Waals surface area (Å²) < 4.78 is 20.9. The Balaban J connectivity index is 1.95. The van der Waals surface area contributed by atoms with Gasteiger partial charge in [-0.05, 0) is 48.5 Å². The molecule has 0 spiro atoms. The van der Waals surface area contributed by atoms with Gasteiger partial charge in [0.2, 0.25) is 5.90 Å². The first-order chi connectivity index (χ1) is 12.1. The number of hydrogen-bond donors (Lipinski definition) is 0. The normalized spacial score (nSPS) is 14.9. The lowest BCUT2D eigenvalue weighted by Gasteiger charge is -2.07. The number of nitrogens with zero attached hydrogens (tertiary/aromatic N) is 1. The van der Waals surface area contributed by atoms with Crippen molar-refractivity contribution in [3.63, 3.8) is 0 Å². The van der Waals surface area contributed by atoms with E-state index in [-0.39, 0.29) is 11.6 Å². The molecule has 0 unspecified atom stereocenters. The van der Waals surface area contributed by atoms with Gasteiger partial charge in [-0.1, -0.05) is 0 Å². The highest BCUT2D eigenvalue weighted by molar-refractivity contribution is 6.13. The van der Waals surface area contributed by atoms with Crippen molar-refractivity contribution < 1.29 is 23.7 Å². The van der Waals surface area contributed by atoms with Gasteiger partial charge < -0.3 is 18.9 Å². The molecule has 25 heavy (non-hydrogen) atoms. The summed E-state index contributed by atoms with van der Waals surface area (Å²) in [5.41, 5.74) is 1.56. The maximum atomic E-state index is 12.1. The van der Waals surface area contributed by atoms with Crippen molar-refractivity contribution in [3.05, 3.63) is 59.3 Å². The summed E-state index contributed by atoms with van der Waals surface area (Å²) in [6.07, 6.45) is 1.61. The minimum Gasteiger partial charge on any atom is -0.497 e. The number of aliphatic imine (C=N–C) groups is 1. The summed E-state index contributed by atoms with van der Waals surface area (Å²) in [4.78, 5) is 16.4. The van der Waals surface area contributed by atoms with Crippen molar-refractivity contribution in [3.8, 4) is 17.2 Å². The SMILES string of the molecule is COc1ccc(C2=N/C(=C/c3cc(OC)ccc3OC)C(=O)O2)cc1. The van der Waals surface area contributed by atoms with Gasteiger partial charge in [0.05, 0.1) is 21.3 Å². The molecule has 6 nitrogen and oxygen atoms in total. The van der Waals surface area contributed by atoms with E-state index in [1.54, 1.807) is 69.9 Å². The Hall–Kier alpha value is -3.28. The molecule has 0 fully saturated rings. The molecule has 0 aromatic heterocycles. The van der Waals surface area contributed by atoms with Gasteiger partial charge in [0.1, 0.15) is 17.2 Å². The summed E-state index contributed by atoms with van der Waals surface area (Å²) >= 11 is 0. The fraction of sp³-hybridized carbons (Fsp3) is 0.158. The average Bonchev–Trinajstić information content (AvgIpc) is 3.02. The van der Waals surface area contributed by atoms with Gasteiger partial charge in [0, 0.05) is 11.1 Å². The minimum atomic E-state index is -0.518. The Morgan fingerprint density at radius 1 is 0.920 bits per heavy atom. The molecule has 6 heteroatoms. The molecule has 1 heterocycles. The van der Waals surface area contributed by atoms with Crippen LogP contribution < -0.4 is 14.2 Å². The van der Waals surface area contributed by atoms with Crippen molar-refractivity contribution in [1.29, 1.82) is 0 Å². The zero-order chi connectivity index (χ0) is 17.8. The molecule has 0 saturated heterocycles. The van der Waals surface area contributed by atoms with Crippen LogP contribution >= 0.6 is 0 Å². The Morgan fingerprint density at radius 3 is 2.24 bits per heavy atom. The Morgan fingerprint density at radius 2 is 1.60 bits per heavy atom. The molecule has 0 aliphatic carbocycles. The molecule has 0 atom stereocenters.